The minimum absolute atomic E-state index is 0.258. The van der Waals surface area contributed by atoms with Gasteiger partial charge in [-0.1, -0.05) is 50.2 Å². The van der Waals surface area contributed by atoms with Gasteiger partial charge in [0.25, 0.3) is 0 Å². The first-order valence-electron chi connectivity index (χ1n) is 9.84. The third-order valence-electron chi connectivity index (χ3n) is 5.10. The molecule has 3 N–H and O–H groups in total. The second-order valence-corrected chi connectivity index (χ2v) is 7.09. The van der Waals surface area contributed by atoms with Crippen molar-refractivity contribution in [3.63, 3.8) is 0 Å². The lowest BCUT2D eigenvalue weighted by Gasteiger charge is -2.11. The molecule has 0 saturated heterocycles. The van der Waals surface area contributed by atoms with Crippen molar-refractivity contribution in [2.75, 3.05) is 5.73 Å². The van der Waals surface area contributed by atoms with Gasteiger partial charge in [0.15, 0.2) is 0 Å². The number of nitrogens with two attached hydrogens (primary N) is 1. The van der Waals surface area contributed by atoms with Crippen LogP contribution in [0.15, 0.2) is 65.7 Å². The molecule has 0 bridgehead atoms. The van der Waals surface area contributed by atoms with Crippen molar-refractivity contribution in [3.8, 4) is 5.75 Å². The normalized spacial score (nSPS) is 11.6. The molecule has 0 radical (unpaired) electrons. The van der Waals surface area contributed by atoms with Gasteiger partial charge in [0.1, 0.15) is 5.75 Å². The minimum Gasteiger partial charge on any atom is -0.507 e. The molecule has 0 spiro atoms. The van der Waals surface area contributed by atoms with Gasteiger partial charge in [-0.2, -0.15) is 0 Å². The number of aliphatic imine (C=N–C) groups is 1. The van der Waals surface area contributed by atoms with Gasteiger partial charge in [-0.15, -0.1) is 0 Å². The summed E-state index contributed by atoms with van der Waals surface area (Å²) in [6.45, 7) is 6.21. The molecule has 0 aromatic heterocycles. The number of anilines is 1. The molecule has 144 valence electrons. The van der Waals surface area contributed by atoms with Gasteiger partial charge in [0.05, 0.1) is 5.69 Å². The van der Waals surface area contributed by atoms with Crippen LogP contribution in [0.1, 0.15) is 48.6 Å². The van der Waals surface area contributed by atoms with Crippen LogP contribution < -0.4 is 5.73 Å². The smallest absolute Gasteiger partial charge is 0.124 e. The van der Waals surface area contributed by atoms with Crippen molar-refractivity contribution in [1.82, 2.24) is 0 Å². The Labute approximate surface area is 167 Å². The molecule has 3 rings (SSSR count). The summed E-state index contributed by atoms with van der Waals surface area (Å²) in [4.78, 5) is 4.79. The number of aryl methyl sites for hydroxylation is 2. The Balaban J connectivity index is 1.88. The molecule has 3 nitrogen and oxygen atoms in total. The molecule has 0 amide bonds. The molecule has 0 aliphatic rings. The molecule has 28 heavy (non-hydrogen) atoms. The summed E-state index contributed by atoms with van der Waals surface area (Å²) >= 11 is 0. The highest BCUT2D eigenvalue weighted by Gasteiger charge is 2.08. The topological polar surface area (TPSA) is 58.6 Å². The van der Waals surface area contributed by atoms with Crippen molar-refractivity contribution in [3.05, 3.63) is 88.5 Å². The Morgan fingerprint density at radius 2 is 1.54 bits per heavy atom. The number of nitrogen functional groups attached to an aromatic ring is 1. The Morgan fingerprint density at radius 3 is 2.21 bits per heavy atom. The lowest BCUT2D eigenvalue weighted by molar-refractivity contribution is 0.474. The molecule has 0 fully saturated rings. The Kier molecular flexibility index (Phi) is 6.15. The molecule has 3 heteroatoms. The van der Waals surface area contributed by atoms with E-state index in [2.05, 4.69) is 44.2 Å². The van der Waals surface area contributed by atoms with Gasteiger partial charge in [-0.05, 0) is 72.7 Å². The fraction of sp³-hybridized carbons (Fsp3) is 0.240. The predicted octanol–water partition coefficient (Wildman–Crippen LogP) is 5.83. The number of nitrogens with zero attached hydrogens (tertiary/aromatic N) is 1. The van der Waals surface area contributed by atoms with Crippen molar-refractivity contribution in [2.45, 2.75) is 40.0 Å². The summed E-state index contributed by atoms with van der Waals surface area (Å²) in [5.41, 5.74) is 14.4. The SMILES string of the molecule is CCc1cc(Cc2ccc(N=C(C)c3ccccc3O)c(CC)c2)ccc1N. The van der Waals surface area contributed by atoms with E-state index < -0.39 is 0 Å². The molecule has 3 aromatic rings. The molecule has 0 aliphatic heterocycles. The number of aromatic hydroxyl groups is 1. The van der Waals surface area contributed by atoms with Crippen LogP contribution in [0.25, 0.3) is 0 Å². The van der Waals surface area contributed by atoms with Gasteiger partial charge >= 0.3 is 0 Å². The number of para-hydroxylation sites is 1. The van der Waals surface area contributed by atoms with E-state index in [9.17, 15) is 5.11 Å². The van der Waals surface area contributed by atoms with E-state index in [1.165, 1.54) is 22.3 Å². The maximum atomic E-state index is 10.1. The monoisotopic (exact) mass is 372 g/mol. The van der Waals surface area contributed by atoms with Crippen molar-refractivity contribution in [1.29, 1.82) is 0 Å². The number of phenols is 1. The van der Waals surface area contributed by atoms with E-state index in [1.807, 2.05) is 31.2 Å². The zero-order valence-electron chi connectivity index (χ0n) is 16.9. The summed E-state index contributed by atoms with van der Waals surface area (Å²) in [7, 11) is 0. The van der Waals surface area contributed by atoms with Crippen LogP contribution in [0, 0.1) is 0 Å². The van der Waals surface area contributed by atoms with E-state index in [0.29, 0.717) is 0 Å². The summed E-state index contributed by atoms with van der Waals surface area (Å²) in [5, 5.41) is 10.1. The molecular formula is C25H28N2O. The van der Waals surface area contributed by atoms with Gasteiger partial charge in [0, 0.05) is 17.0 Å². The molecule has 0 saturated carbocycles. The fourth-order valence-corrected chi connectivity index (χ4v) is 3.47. The third-order valence-corrected chi connectivity index (χ3v) is 5.10. The van der Waals surface area contributed by atoms with Crippen LogP contribution in [0.4, 0.5) is 11.4 Å². The first-order chi connectivity index (χ1) is 13.5. The summed E-state index contributed by atoms with van der Waals surface area (Å²) in [5.74, 6) is 0.258. The van der Waals surface area contributed by atoms with Crippen molar-refractivity contribution < 1.29 is 5.11 Å². The minimum atomic E-state index is 0.258. The van der Waals surface area contributed by atoms with Crippen LogP contribution in [-0.4, -0.2) is 10.8 Å². The van der Waals surface area contributed by atoms with Gasteiger partial charge in [0.2, 0.25) is 0 Å². The molecule has 0 unspecified atom stereocenters. The standard InChI is InChI=1S/C25H28N2O/c1-4-20-15-18(10-12-23(20)26)14-19-11-13-24(21(5-2)16-19)27-17(3)22-8-6-7-9-25(22)28/h6-13,15-16,28H,4-5,14,26H2,1-3H3. The summed E-state index contributed by atoms with van der Waals surface area (Å²) in [6.07, 6.45) is 2.73. The third kappa shape index (κ3) is 4.42. The van der Waals surface area contributed by atoms with Gasteiger partial charge < -0.3 is 10.8 Å². The second kappa shape index (κ2) is 8.75. The molecule has 0 atom stereocenters. The zero-order chi connectivity index (χ0) is 20.1. The van der Waals surface area contributed by atoms with Crippen molar-refractivity contribution >= 4 is 17.1 Å². The van der Waals surface area contributed by atoms with E-state index in [0.717, 1.165) is 41.9 Å². The van der Waals surface area contributed by atoms with Crippen LogP contribution in [0.3, 0.4) is 0 Å². The van der Waals surface area contributed by atoms with Crippen LogP contribution >= 0.6 is 0 Å². The first-order valence-corrected chi connectivity index (χ1v) is 9.84. The quantitative estimate of drug-likeness (QED) is 0.422. The van der Waals surface area contributed by atoms with E-state index in [4.69, 9.17) is 10.7 Å². The van der Waals surface area contributed by atoms with Crippen LogP contribution in [-0.2, 0) is 19.3 Å². The summed E-state index contributed by atoms with van der Waals surface area (Å²) in [6, 6.07) is 20.1. The van der Waals surface area contributed by atoms with Gasteiger partial charge in [-0.3, -0.25) is 4.99 Å². The zero-order valence-corrected chi connectivity index (χ0v) is 16.9. The van der Waals surface area contributed by atoms with Crippen molar-refractivity contribution in [2.24, 2.45) is 4.99 Å². The van der Waals surface area contributed by atoms with Gasteiger partial charge in [-0.25, -0.2) is 0 Å². The summed E-state index contributed by atoms with van der Waals surface area (Å²) < 4.78 is 0. The maximum absolute atomic E-state index is 10.1. The number of rotatable bonds is 6. The fourth-order valence-electron chi connectivity index (χ4n) is 3.47. The Hall–Kier alpha value is -3.07. The van der Waals surface area contributed by atoms with E-state index in [-0.39, 0.29) is 5.75 Å². The largest absolute Gasteiger partial charge is 0.507 e. The predicted molar refractivity (Wildman–Crippen MR) is 119 cm³/mol. The second-order valence-electron chi connectivity index (χ2n) is 7.09. The Bertz CT molecular complexity index is 1010. The highest BCUT2D eigenvalue weighted by Crippen LogP contribution is 2.26. The molecular weight excluding hydrogens is 344 g/mol. The Morgan fingerprint density at radius 1 is 0.893 bits per heavy atom. The van der Waals surface area contributed by atoms with E-state index >= 15 is 0 Å². The molecule has 3 aromatic carbocycles. The lowest BCUT2D eigenvalue weighted by atomic mass is 9.98. The highest BCUT2D eigenvalue weighted by atomic mass is 16.3. The van der Waals surface area contributed by atoms with Crippen LogP contribution in [0.5, 0.6) is 5.75 Å². The number of hydrogen-bond acceptors (Lipinski definition) is 3. The highest BCUT2D eigenvalue weighted by molar-refractivity contribution is 6.02. The number of benzene rings is 3. The maximum Gasteiger partial charge on any atom is 0.124 e. The van der Waals surface area contributed by atoms with Crippen LogP contribution in [0.2, 0.25) is 0 Å². The average molecular weight is 373 g/mol. The van der Waals surface area contributed by atoms with E-state index in [1.54, 1.807) is 6.07 Å². The number of phenolic OH excluding ortho intramolecular Hbond substituents is 1. The molecule has 0 aliphatic carbocycles. The molecule has 0 heterocycles. The number of hydrogen-bond donors (Lipinski definition) is 2. The lowest BCUT2D eigenvalue weighted by Crippen LogP contribution is -1.97. The first kappa shape index (κ1) is 19.7. The average Bonchev–Trinajstić information content (AvgIpc) is 2.70.